The van der Waals surface area contributed by atoms with Crippen LogP contribution in [0.15, 0.2) is 18.2 Å². The van der Waals surface area contributed by atoms with Gasteiger partial charge in [0.1, 0.15) is 0 Å². The van der Waals surface area contributed by atoms with Gasteiger partial charge in [-0.2, -0.15) is 0 Å². The van der Waals surface area contributed by atoms with E-state index in [2.05, 4.69) is 22.4 Å². The van der Waals surface area contributed by atoms with E-state index in [0.717, 1.165) is 42.0 Å². The fourth-order valence-electron chi connectivity index (χ4n) is 1.93. The predicted molar refractivity (Wildman–Crippen MR) is 75.6 cm³/mol. The molecule has 0 atom stereocenters. The highest BCUT2D eigenvalue weighted by Crippen LogP contribution is 2.26. The van der Waals surface area contributed by atoms with Crippen molar-refractivity contribution in [1.82, 2.24) is 10.2 Å². The average molecular weight is 277 g/mol. The van der Waals surface area contributed by atoms with Gasteiger partial charge in [0.25, 0.3) is 0 Å². The molecule has 1 heterocycles. The fraction of sp³-hybridized carbons (Fsp3) is 0.333. The van der Waals surface area contributed by atoms with E-state index in [1.807, 2.05) is 13.8 Å². The SMILES string of the molecule is CCCNc1nnc(-c2ccc(F)c(F)c2)c(C)c1C. The van der Waals surface area contributed by atoms with Crippen molar-refractivity contribution in [3.63, 3.8) is 0 Å². The van der Waals surface area contributed by atoms with Crippen LogP contribution in [0.3, 0.4) is 0 Å². The maximum Gasteiger partial charge on any atom is 0.159 e. The lowest BCUT2D eigenvalue weighted by Crippen LogP contribution is -2.07. The number of nitrogens with one attached hydrogen (secondary N) is 1. The Hall–Kier alpha value is -2.04. The topological polar surface area (TPSA) is 37.8 Å². The molecule has 2 rings (SSSR count). The van der Waals surface area contributed by atoms with Gasteiger partial charge in [-0.25, -0.2) is 8.78 Å². The zero-order valence-electron chi connectivity index (χ0n) is 11.8. The molecule has 106 valence electrons. The van der Waals surface area contributed by atoms with Crippen LogP contribution in [0.4, 0.5) is 14.6 Å². The minimum Gasteiger partial charge on any atom is -0.368 e. The molecule has 5 heteroatoms. The molecule has 1 aromatic carbocycles. The van der Waals surface area contributed by atoms with Crippen LogP contribution in [0.5, 0.6) is 0 Å². The van der Waals surface area contributed by atoms with Crippen LogP contribution in [-0.2, 0) is 0 Å². The van der Waals surface area contributed by atoms with Gasteiger partial charge in [-0.1, -0.05) is 6.92 Å². The summed E-state index contributed by atoms with van der Waals surface area (Å²) in [6.07, 6.45) is 0.991. The Kier molecular flexibility index (Phi) is 4.27. The van der Waals surface area contributed by atoms with E-state index in [-0.39, 0.29) is 0 Å². The maximum atomic E-state index is 13.3. The van der Waals surface area contributed by atoms with Crippen molar-refractivity contribution in [1.29, 1.82) is 0 Å². The van der Waals surface area contributed by atoms with E-state index in [4.69, 9.17) is 0 Å². The molecule has 0 fully saturated rings. The van der Waals surface area contributed by atoms with Crippen LogP contribution in [0.2, 0.25) is 0 Å². The number of rotatable bonds is 4. The van der Waals surface area contributed by atoms with Gasteiger partial charge in [0.2, 0.25) is 0 Å². The van der Waals surface area contributed by atoms with Crippen molar-refractivity contribution in [3.05, 3.63) is 41.0 Å². The number of anilines is 1. The number of halogens is 2. The first-order valence-corrected chi connectivity index (χ1v) is 6.57. The van der Waals surface area contributed by atoms with Gasteiger partial charge in [-0.15, -0.1) is 10.2 Å². The molecule has 0 radical (unpaired) electrons. The normalized spacial score (nSPS) is 10.7. The smallest absolute Gasteiger partial charge is 0.159 e. The highest BCUT2D eigenvalue weighted by atomic mass is 19.2. The Morgan fingerprint density at radius 2 is 1.80 bits per heavy atom. The molecule has 0 aliphatic heterocycles. The lowest BCUT2D eigenvalue weighted by Gasteiger charge is -2.12. The van der Waals surface area contributed by atoms with Crippen molar-refractivity contribution >= 4 is 5.82 Å². The Bertz CT molecular complexity index is 627. The number of aromatic nitrogens is 2. The van der Waals surface area contributed by atoms with Gasteiger partial charge in [0.15, 0.2) is 17.5 Å². The number of nitrogens with zero attached hydrogens (tertiary/aromatic N) is 2. The maximum absolute atomic E-state index is 13.3. The minimum absolute atomic E-state index is 0.527. The van der Waals surface area contributed by atoms with Crippen molar-refractivity contribution in [2.45, 2.75) is 27.2 Å². The van der Waals surface area contributed by atoms with Crippen molar-refractivity contribution in [3.8, 4) is 11.3 Å². The second-order valence-electron chi connectivity index (χ2n) is 4.70. The van der Waals surface area contributed by atoms with Crippen LogP contribution in [-0.4, -0.2) is 16.7 Å². The molecule has 0 unspecified atom stereocenters. The van der Waals surface area contributed by atoms with E-state index in [0.29, 0.717) is 11.3 Å². The van der Waals surface area contributed by atoms with Gasteiger partial charge in [0, 0.05) is 12.1 Å². The van der Waals surface area contributed by atoms with Crippen LogP contribution >= 0.6 is 0 Å². The molecule has 0 spiro atoms. The molecule has 0 saturated heterocycles. The van der Waals surface area contributed by atoms with Crippen molar-refractivity contribution in [2.24, 2.45) is 0 Å². The first-order valence-electron chi connectivity index (χ1n) is 6.57. The quantitative estimate of drug-likeness (QED) is 0.922. The zero-order chi connectivity index (χ0) is 14.7. The third kappa shape index (κ3) is 2.76. The predicted octanol–water partition coefficient (Wildman–Crippen LogP) is 3.86. The van der Waals surface area contributed by atoms with Crippen molar-refractivity contribution in [2.75, 3.05) is 11.9 Å². The minimum atomic E-state index is -0.880. The fourth-order valence-corrected chi connectivity index (χ4v) is 1.93. The summed E-state index contributed by atoms with van der Waals surface area (Å²) >= 11 is 0. The second-order valence-corrected chi connectivity index (χ2v) is 4.70. The summed E-state index contributed by atoms with van der Waals surface area (Å²) in [6, 6.07) is 3.75. The van der Waals surface area contributed by atoms with Crippen molar-refractivity contribution < 1.29 is 8.78 Å². The highest BCUT2D eigenvalue weighted by molar-refractivity contribution is 5.66. The lowest BCUT2D eigenvalue weighted by molar-refractivity contribution is 0.509. The monoisotopic (exact) mass is 277 g/mol. The summed E-state index contributed by atoms with van der Waals surface area (Å²) in [5.74, 6) is -1.01. The molecular formula is C15H17F2N3. The molecule has 0 saturated carbocycles. The third-order valence-electron chi connectivity index (χ3n) is 3.26. The van der Waals surface area contributed by atoms with Gasteiger partial charge >= 0.3 is 0 Å². The molecule has 1 N–H and O–H groups in total. The van der Waals surface area contributed by atoms with E-state index < -0.39 is 11.6 Å². The summed E-state index contributed by atoms with van der Waals surface area (Å²) in [6.45, 7) is 6.72. The number of hydrogen-bond donors (Lipinski definition) is 1. The first-order chi connectivity index (χ1) is 9.54. The van der Waals surface area contributed by atoms with Gasteiger partial charge in [0.05, 0.1) is 5.69 Å². The van der Waals surface area contributed by atoms with Crippen LogP contribution < -0.4 is 5.32 Å². The summed E-state index contributed by atoms with van der Waals surface area (Å²) in [7, 11) is 0. The molecule has 0 bridgehead atoms. The molecule has 0 aliphatic rings. The van der Waals surface area contributed by atoms with Crippen LogP contribution in [0.25, 0.3) is 11.3 Å². The van der Waals surface area contributed by atoms with Gasteiger partial charge in [-0.05, 0) is 49.6 Å². The average Bonchev–Trinajstić information content (AvgIpc) is 2.44. The Balaban J connectivity index is 2.42. The molecule has 20 heavy (non-hydrogen) atoms. The number of benzene rings is 1. The van der Waals surface area contributed by atoms with E-state index >= 15 is 0 Å². The Labute approximate surface area is 117 Å². The van der Waals surface area contributed by atoms with E-state index in [1.54, 1.807) is 0 Å². The first kappa shape index (κ1) is 14.4. The summed E-state index contributed by atoms with van der Waals surface area (Å²) in [5, 5.41) is 11.5. The van der Waals surface area contributed by atoms with E-state index in [9.17, 15) is 8.78 Å². The molecule has 0 amide bonds. The van der Waals surface area contributed by atoms with E-state index in [1.165, 1.54) is 6.07 Å². The third-order valence-corrected chi connectivity index (χ3v) is 3.26. The highest BCUT2D eigenvalue weighted by Gasteiger charge is 2.13. The summed E-state index contributed by atoms with van der Waals surface area (Å²) in [4.78, 5) is 0. The Morgan fingerprint density at radius 3 is 2.45 bits per heavy atom. The summed E-state index contributed by atoms with van der Waals surface area (Å²) < 4.78 is 26.3. The number of hydrogen-bond acceptors (Lipinski definition) is 3. The summed E-state index contributed by atoms with van der Waals surface area (Å²) in [5.41, 5.74) is 2.97. The molecule has 2 aromatic rings. The largest absolute Gasteiger partial charge is 0.368 e. The molecule has 3 nitrogen and oxygen atoms in total. The zero-order valence-corrected chi connectivity index (χ0v) is 11.8. The molecule has 1 aromatic heterocycles. The molecular weight excluding hydrogens is 260 g/mol. The standard InChI is InChI=1S/C15H17F2N3/c1-4-7-18-15-10(3)9(2)14(19-20-15)11-5-6-12(16)13(17)8-11/h5-6,8H,4,7H2,1-3H3,(H,18,20). The molecule has 0 aliphatic carbocycles. The van der Waals surface area contributed by atoms with Gasteiger partial charge in [-0.3, -0.25) is 0 Å². The Morgan fingerprint density at radius 1 is 1.05 bits per heavy atom. The van der Waals surface area contributed by atoms with Crippen LogP contribution in [0.1, 0.15) is 24.5 Å². The second kappa shape index (κ2) is 5.94. The van der Waals surface area contributed by atoms with Gasteiger partial charge < -0.3 is 5.32 Å². The van der Waals surface area contributed by atoms with Crippen LogP contribution in [0, 0.1) is 25.5 Å². The lowest BCUT2D eigenvalue weighted by atomic mass is 10.0.